The summed E-state index contributed by atoms with van der Waals surface area (Å²) in [6.45, 7) is 4.11. The van der Waals surface area contributed by atoms with Gasteiger partial charge in [0.15, 0.2) is 0 Å². The third-order valence-corrected chi connectivity index (χ3v) is 3.85. The van der Waals surface area contributed by atoms with Crippen LogP contribution >= 0.6 is 23.2 Å². The lowest BCUT2D eigenvalue weighted by Gasteiger charge is -2.10. The molecule has 0 aliphatic carbocycles. The number of carbonyl (C=O) groups is 1. The second kappa shape index (κ2) is 7.48. The smallest absolute Gasteiger partial charge is 0.331 e. The summed E-state index contributed by atoms with van der Waals surface area (Å²) in [6, 6.07) is 13.2. The first-order valence-electron chi connectivity index (χ1n) is 6.92. The number of hydrogen-bond acceptors (Lipinski definition) is 2. The predicted octanol–water partition coefficient (Wildman–Crippen LogP) is 5.30. The number of rotatable bonds is 4. The van der Waals surface area contributed by atoms with E-state index in [1.165, 1.54) is 6.08 Å². The zero-order chi connectivity index (χ0) is 16.1. The van der Waals surface area contributed by atoms with Gasteiger partial charge in [0.05, 0.1) is 16.7 Å². The van der Waals surface area contributed by atoms with Gasteiger partial charge in [-0.2, -0.15) is 0 Å². The van der Waals surface area contributed by atoms with Crippen molar-refractivity contribution in [3.05, 3.63) is 75.3 Å². The van der Waals surface area contributed by atoms with Crippen molar-refractivity contribution < 1.29 is 9.53 Å². The minimum absolute atomic E-state index is 0.331. The van der Waals surface area contributed by atoms with Crippen LogP contribution < -0.4 is 0 Å². The highest BCUT2D eigenvalue weighted by molar-refractivity contribution is 6.42. The third kappa shape index (κ3) is 4.12. The van der Waals surface area contributed by atoms with Gasteiger partial charge in [-0.15, -0.1) is 0 Å². The van der Waals surface area contributed by atoms with Crippen LogP contribution in [0.4, 0.5) is 0 Å². The van der Waals surface area contributed by atoms with Gasteiger partial charge in [0.25, 0.3) is 0 Å². The van der Waals surface area contributed by atoms with Crippen LogP contribution in [0.2, 0.25) is 10.0 Å². The second-order valence-corrected chi connectivity index (χ2v) is 5.62. The molecule has 0 unspecified atom stereocenters. The topological polar surface area (TPSA) is 26.3 Å². The summed E-state index contributed by atoms with van der Waals surface area (Å²) in [5, 5.41) is 0.923. The van der Waals surface area contributed by atoms with Gasteiger partial charge >= 0.3 is 5.97 Å². The van der Waals surface area contributed by atoms with Crippen molar-refractivity contribution >= 4 is 34.7 Å². The van der Waals surface area contributed by atoms with E-state index in [0.29, 0.717) is 16.7 Å². The highest BCUT2D eigenvalue weighted by atomic mass is 35.5. The fourth-order valence-corrected chi connectivity index (χ4v) is 2.41. The molecule has 114 valence electrons. The van der Waals surface area contributed by atoms with Crippen LogP contribution in [0.5, 0.6) is 0 Å². The molecule has 2 aromatic rings. The number of esters is 1. The Hall–Kier alpha value is -1.77. The highest BCUT2D eigenvalue weighted by Crippen LogP contribution is 2.30. The van der Waals surface area contributed by atoms with E-state index in [2.05, 4.69) is 0 Å². The van der Waals surface area contributed by atoms with Crippen LogP contribution in [0, 0.1) is 6.92 Å². The second-order valence-electron chi connectivity index (χ2n) is 4.81. The Morgan fingerprint density at radius 3 is 2.45 bits per heavy atom. The van der Waals surface area contributed by atoms with Crippen LogP contribution in [0.25, 0.3) is 5.57 Å². The SMILES string of the molecule is CCOC(=O)C=C(c1cccc(C)c1)c1ccc(Cl)c(Cl)c1. The van der Waals surface area contributed by atoms with E-state index in [1.807, 2.05) is 37.3 Å². The Kier molecular flexibility index (Phi) is 5.64. The fourth-order valence-electron chi connectivity index (χ4n) is 2.11. The lowest BCUT2D eigenvalue weighted by molar-refractivity contribution is -0.137. The van der Waals surface area contributed by atoms with Crippen molar-refractivity contribution in [2.75, 3.05) is 6.61 Å². The van der Waals surface area contributed by atoms with Crippen molar-refractivity contribution in [2.45, 2.75) is 13.8 Å². The molecule has 0 heterocycles. The van der Waals surface area contributed by atoms with Crippen LogP contribution in [0.3, 0.4) is 0 Å². The van der Waals surface area contributed by atoms with Gasteiger partial charge in [-0.05, 0) is 42.7 Å². The first-order valence-corrected chi connectivity index (χ1v) is 7.67. The molecule has 0 spiro atoms. The minimum atomic E-state index is -0.384. The Labute approximate surface area is 140 Å². The lowest BCUT2D eigenvalue weighted by Crippen LogP contribution is -2.02. The summed E-state index contributed by atoms with van der Waals surface area (Å²) in [7, 11) is 0. The van der Waals surface area contributed by atoms with Gasteiger partial charge in [-0.3, -0.25) is 0 Å². The Balaban J connectivity index is 2.54. The quantitative estimate of drug-likeness (QED) is 0.560. The van der Waals surface area contributed by atoms with Crippen LogP contribution in [0.15, 0.2) is 48.5 Å². The van der Waals surface area contributed by atoms with E-state index in [-0.39, 0.29) is 5.97 Å². The number of aryl methyl sites for hydroxylation is 1. The third-order valence-electron chi connectivity index (χ3n) is 3.11. The Morgan fingerprint density at radius 1 is 1.09 bits per heavy atom. The maximum absolute atomic E-state index is 11.9. The van der Waals surface area contributed by atoms with Gasteiger partial charge in [0.1, 0.15) is 0 Å². The van der Waals surface area contributed by atoms with E-state index in [0.717, 1.165) is 22.3 Å². The van der Waals surface area contributed by atoms with Gasteiger partial charge in [-0.1, -0.05) is 59.1 Å². The van der Waals surface area contributed by atoms with Crippen LogP contribution in [-0.4, -0.2) is 12.6 Å². The Morgan fingerprint density at radius 2 is 1.82 bits per heavy atom. The normalized spacial score (nSPS) is 11.4. The largest absolute Gasteiger partial charge is 0.463 e. The molecule has 2 aromatic carbocycles. The first kappa shape index (κ1) is 16.6. The summed E-state index contributed by atoms with van der Waals surface area (Å²) < 4.78 is 5.03. The average molecular weight is 335 g/mol. The van der Waals surface area contributed by atoms with Gasteiger partial charge < -0.3 is 4.74 Å². The molecule has 22 heavy (non-hydrogen) atoms. The molecule has 0 fully saturated rings. The molecule has 0 aromatic heterocycles. The summed E-state index contributed by atoms with van der Waals surface area (Å²) >= 11 is 12.1. The molecule has 0 saturated carbocycles. The Bertz CT molecular complexity index is 721. The average Bonchev–Trinajstić information content (AvgIpc) is 2.48. The fraction of sp³-hybridized carbons (Fsp3) is 0.167. The molecule has 2 rings (SSSR count). The molecule has 0 aliphatic heterocycles. The van der Waals surface area contributed by atoms with Crippen molar-refractivity contribution in [1.82, 2.24) is 0 Å². The van der Waals surface area contributed by atoms with E-state index in [9.17, 15) is 4.79 Å². The molecule has 0 atom stereocenters. The lowest BCUT2D eigenvalue weighted by atomic mass is 9.96. The molecule has 0 saturated heterocycles. The molecule has 4 heteroatoms. The number of benzene rings is 2. The number of hydrogen-bond donors (Lipinski definition) is 0. The molecule has 2 nitrogen and oxygen atoms in total. The molecular formula is C18H16Cl2O2. The van der Waals surface area contributed by atoms with Crippen molar-refractivity contribution in [3.8, 4) is 0 Å². The summed E-state index contributed by atoms with van der Waals surface area (Å²) in [5.41, 5.74) is 3.59. The predicted molar refractivity (Wildman–Crippen MR) is 91.4 cm³/mol. The van der Waals surface area contributed by atoms with E-state index >= 15 is 0 Å². The van der Waals surface area contributed by atoms with E-state index < -0.39 is 0 Å². The minimum Gasteiger partial charge on any atom is -0.463 e. The first-order chi connectivity index (χ1) is 10.5. The molecule has 0 radical (unpaired) electrons. The maximum Gasteiger partial charge on any atom is 0.331 e. The van der Waals surface area contributed by atoms with Crippen molar-refractivity contribution in [3.63, 3.8) is 0 Å². The van der Waals surface area contributed by atoms with Gasteiger partial charge in [0.2, 0.25) is 0 Å². The van der Waals surface area contributed by atoms with Crippen molar-refractivity contribution in [2.24, 2.45) is 0 Å². The molecular weight excluding hydrogens is 319 g/mol. The van der Waals surface area contributed by atoms with Gasteiger partial charge in [-0.25, -0.2) is 4.79 Å². The van der Waals surface area contributed by atoms with Crippen molar-refractivity contribution in [1.29, 1.82) is 0 Å². The molecule has 0 bridgehead atoms. The van der Waals surface area contributed by atoms with Crippen LogP contribution in [-0.2, 0) is 9.53 Å². The molecule has 0 N–H and O–H groups in total. The van der Waals surface area contributed by atoms with E-state index in [1.54, 1.807) is 19.1 Å². The molecule has 0 amide bonds. The number of halogens is 2. The zero-order valence-electron chi connectivity index (χ0n) is 12.4. The van der Waals surface area contributed by atoms with Gasteiger partial charge in [0, 0.05) is 6.08 Å². The number of carbonyl (C=O) groups excluding carboxylic acids is 1. The summed E-state index contributed by atoms with van der Waals surface area (Å²) in [5.74, 6) is -0.384. The van der Waals surface area contributed by atoms with E-state index in [4.69, 9.17) is 27.9 Å². The monoisotopic (exact) mass is 334 g/mol. The summed E-state index contributed by atoms with van der Waals surface area (Å²) in [4.78, 5) is 11.9. The summed E-state index contributed by atoms with van der Waals surface area (Å²) in [6.07, 6.45) is 1.48. The highest BCUT2D eigenvalue weighted by Gasteiger charge is 2.10. The standard InChI is InChI=1S/C18H16Cl2O2/c1-3-22-18(21)11-15(13-6-4-5-12(2)9-13)14-7-8-16(19)17(20)10-14/h4-11H,3H2,1-2H3. The maximum atomic E-state index is 11.9. The van der Waals surface area contributed by atoms with Crippen LogP contribution in [0.1, 0.15) is 23.6 Å². The number of ether oxygens (including phenoxy) is 1. The molecule has 0 aliphatic rings. The zero-order valence-corrected chi connectivity index (χ0v) is 13.9.